The summed E-state index contributed by atoms with van der Waals surface area (Å²) in [5.74, 6) is 1.14. The Labute approximate surface area is 108 Å². The van der Waals surface area contributed by atoms with Gasteiger partial charge >= 0.3 is 0 Å². The number of aromatic amines is 1. The predicted molar refractivity (Wildman–Crippen MR) is 76.0 cm³/mol. The lowest BCUT2D eigenvalue weighted by Crippen LogP contribution is -2.35. The number of benzene rings is 1. The molecular weight excluding hydrogens is 222 g/mol. The molecule has 0 aliphatic carbocycles. The van der Waals surface area contributed by atoms with E-state index in [2.05, 4.69) is 46.3 Å². The van der Waals surface area contributed by atoms with E-state index < -0.39 is 0 Å². The van der Waals surface area contributed by atoms with E-state index in [1.807, 2.05) is 0 Å². The topological polar surface area (TPSA) is 31.9 Å². The molecule has 1 aliphatic heterocycles. The molecule has 0 spiro atoms. The monoisotopic (exact) mass is 243 g/mol. The zero-order valence-electron chi connectivity index (χ0n) is 11.0. The first-order valence-electron chi connectivity index (χ1n) is 7.06. The highest BCUT2D eigenvalue weighted by Crippen LogP contribution is 2.28. The van der Waals surface area contributed by atoms with Gasteiger partial charge in [-0.15, -0.1) is 0 Å². The Morgan fingerprint density at radius 2 is 2.00 bits per heavy atom. The summed E-state index contributed by atoms with van der Waals surface area (Å²) >= 11 is 0. The number of nitrogens with one attached hydrogen (secondary N) is 1. The first kappa shape index (κ1) is 11.6. The smallest absolute Gasteiger partial charge is 0.158 e. The van der Waals surface area contributed by atoms with Gasteiger partial charge in [-0.1, -0.05) is 31.4 Å². The molecule has 3 rings (SSSR count). The van der Waals surface area contributed by atoms with Gasteiger partial charge < -0.3 is 4.90 Å². The van der Waals surface area contributed by atoms with Crippen molar-refractivity contribution in [2.75, 3.05) is 11.4 Å². The van der Waals surface area contributed by atoms with Crippen LogP contribution in [0.4, 0.5) is 5.82 Å². The quantitative estimate of drug-likeness (QED) is 0.827. The third-order valence-corrected chi connectivity index (χ3v) is 4.03. The number of rotatable bonds is 1. The van der Waals surface area contributed by atoms with Crippen LogP contribution in [-0.2, 0) is 0 Å². The van der Waals surface area contributed by atoms with Crippen molar-refractivity contribution in [2.45, 2.75) is 45.1 Å². The van der Waals surface area contributed by atoms with E-state index in [9.17, 15) is 0 Å². The minimum absolute atomic E-state index is 0.594. The second-order valence-electron chi connectivity index (χ2n) is 5.34. The van der Waals surface area contributed by atoms with Crippen molar-refractivity contribution in [3.63, 3.8) is 0 Å². The van der Waals surface area contributed by atoms with Crippen molar-refractivity contribution >= 4 is 16.7 Å². The molecule has 1 aromatic heterocycles. The molecule has 18 heavy (non-hydrogen) atoms. The molecule has 1 saturated heterocycles. The normalized spacial score (nSPS) is 21.8. The molecule has 0 radical (unpaired) electrons. The maximum atomic E-state index is 4.54. The standard InChI is InChI=1S/C15H21N3/c1-12-8-4-2-3-7-11-18(12)15-13-9-5-6-10-14(13)16-17-15/h5-6,9-10,12H,2-4,7-8,11H2,1H3,(H,16,17)/t12-/m1/s1. The Balaban J connectivity index is 1.95. The Morgan fingerprint density at radius 3 is 2.94 bits per heavy atom. The zero-order chi connectivity index (χ0) is 12.4. The molecule has 2 heterocycles. The molecule has 1 aromatic carbocycles. The third-order valence-electron chi connectivity index (χ3n) is 4.03. The molecule has 0 amide bonds. The molecule has 0 bridgehead atoms. The highest BCUT2D eigenvalue weighted by molar-refractivity contribution is 5.90. The second kappa shape index (κ2) is 5.01. The Bertz CT molecular complexity index is 517. The summed E-state index contributed by atoms with van der Waals surface area (Å²) in [6, 6.07) is 9.01. The summed E-state index contributed by atoms with van der Waals surface area (Å²) in [4.78, 5) is 2.48. The molecule has 1 fully saturated rings. The van der Waals surface area contributed by atoms with Gasteiger partial charge in [0.15, 0.2) is 5.82 Å². The minimum Gasteiger partial charge on any atom is -0.352 e. The number of fused-ring (bicyclic) bond motifs is 1. The number of H-pyrrole nitrogens is 1. The summed E-state index contributed by atoms with van der Waals surface area (Å²) in [5.41, 5.74) is 1.14. The molecule has 0 saturated carbocycles. The molecule has 0 unspecified atom stereocenters. The van der Waals surface area contributed by atoms with Crippen molar-refractivity contribution in [2.24, 2.45) is 0 Å². The molecule has 2 aromatic rings. The number of anilines is 1. The first-order chi connectivity index (χ1) is 8.86. The van der Waals surface area contributed by atoms with Gasteiger partial charge in [0.1, 0.15) is 0 Å². The maximum Gasteiger partial charge on any atom is 0.158 e. The molecule has 3 heteroatoms. The lowest BCUT2D eigenvalue weighted by Gasteiger charge is -2.31. The van der Waals surface area contributed by atoms with Crippen molar-refractivity contribution in [1.29, 1.82) is 0 Å². The van der Waals surface area contributed by atoms with E-state index in [1.54, 1.807) is 0 Å². The van der Waals surface area contributed by atoms with E-state index >= 15 is 0 Å². The molecular formula is C15H21N3. The van der Waals surface area contributed by atoms with E-state index in [-0.39, 0.29) is 0 Å². The summed E-state index contributed by atoms with van der Waals surface area (Å²) < 4.78 is 0. The van der Waals surface area contributed by atoms with Crippen LogP contribution >= 0.6 is 0 Å². The van der Waals surface area contributed by atoms with Gasteiger partial charge in [-0.3, -0.25) is 5.10 Å². The van der Waals surface area contributed by atoms with Crippen molar-refractivity contribution < 1.29 is 0 Å². The SMILES string of the molecule is C[C@@H]1CCCCCCN1c1n[nH]c2ccccc12. The van der Waals surface area contributed by atoms with Crippen LogP contribution in [0.25, 0.3) is 10.9 Å². The van der Waals surface area contributed by atoms with E-state index in [0.29, 0.717) is 6.04 Å². The number of aromatic nitrogens is 2. The van der Waals surface area contributed by atoms with Crippen LogP contribution in [0.1, 0.15) is 39.0 Å². The average molecular weight is 243 g/mol. The van der Waals surface area contributed by atoms with E-state index in [4.69, 9.17) is 0 Å². The van der Waals surface area contributed by atoms with Crippen LogP contribution in [0.3, 0.4) is 0 Å². The molecule has 1 atom stereocenters. The summed E-state index contributed by atoms with van der Waals surface area (Å²) in [6.07, 6.45) is 6.65. The lowest BCUT2D eigenvalue weighted by atomic mass is 10.0. The number of hydrogen-bond donors (Lipinski definition) is 1. The van der Waals surface area contributed by atoms with Crippen LogP contribution in [0.15, 0.2) is 24.3 Å². The summed E-state index contributed by atoms with van der Waals surface area (Å²) in [6.45, 7) is 3.46. The minimum atomic E-state index is 0.594. The van der Waals surface area contributed by atoms with Gasteiger partial charge in [0.05, 0.1) is 5.52 Å². The first-order valence-corrected chi connectivity index (χ1v) is 7.06. The highest BCUT2D eigenvalue weighted by atomic mass is 15.3. The van der Waals surface area contributed by atoms with Crippen LogP contribution in [0.5, 0.6) is 0 Å². The Kier molecular flexibility index (Phi) is 3.22. The number of para-hydroxylation sites is 1. The Hall–Kier alpha value is -1.51. The second-order valence-corrected chi connectivity index (χ2v) is 5.34. The summed E-state index contributed by atoms with van der Waals surface area (Å²) in [7, 11) is 0. The van der Waals surface area contributed by atoms with Crippen molar-refractivity contribution in [3.8, 4) is 0 Å². The average Bonchev–Trinajstić information content (AvgIpc) is 2.78. The fourth-order valence-electron chi connectivity index (χ4n) is 2.93. The van der Waals surface area contributed by atoms with Gasteiger partial charge in [-0.25, -0.2) is 0 Å². The van der Waals surface area contributed by atoms with Crippen molar-refractivity contribution in [1.82, 2.24) is 10.2 Å². The van der Waals surface area contributed by atoms with E-state index in [1.165, 1.54) is 37.5 Å². The third kappa shape index (κ3) is 2.09. The highest BCUT2D eigenvalue weighted by Gasteiger charge is 2.20. The molecule has 96 valence electrons. The number of hydrogen-bond acceptors (Lipinski definition) is 2. The van der Waals surface area contributed by atoms with Gasteiger partial charge in [0.25, 0.3) is 0 Å². The molecule has 3 nitrogen and oxygen atoms in total. The fourth-order valence-corrected chi connectivity index (χ4v) is 2.93. The molecule has 1 aliphatic rings. The van der Waals surface area contributed by atoms with Crippen molar-refractivity contribution in [3.05, 3.63) is 24.3 Å². The van der Waals surface area contributed by atoms with Gasteiger partial charge in [0.2, 0.25) is 0 Å². The Morgan fingerprint density at radius 1 is 1.17 bits per heavy atom. The van der Waals surface area contributed by atoms with Crippen LogP contribution < -0.4 is 4.90 Å². The van der Waals surface area contributed by atoms with E-state index in [0.717, 1.165) is 17.9 Å². The predicted octanol–water partition coefficient (Wildman–Crippen LogP) is 3.72. The number of nitrogens with zero attached hydrogens (tertiary/aromatic N) is 2. The lowest BCUT2D eigenvalue weighted by molar-refractivity contribution is 0.485. The summed E-state index contributed by atoms with van der Waals surface area (Å²) in [5, 5.41) is 8.95. The van der Waals surface area contributed by atoms with Gasteiger partial charge in [-0.05, 0) is 31.9 Å². The molecule has 1 N–H and O–H groups in total. The van der Waals surface area contributed by atoms with Gasteiger partial charge in [-0.2, -0.15) is 5.10 Å². The zero-order valence-corrected chi connectivity index (χ0v) is 11.0. The van der Waals surface area contributed by atoms with Crippen LogP contribution in [0, 0.1) is 0 Å². The van der Waals surface area contributed by atoms with Gasteiger partial charge in [0, 0.05) is 18.0 Å². The maximum absolute atomic E-state index is 4.54. The fraction of sp³-hybridized carbons (Fsp3) is 0.533. The van der Waals surface area contributed by atoms with Crippen LogP contribution in [0.2, 0.25) is 0 Å². The van der Waals surface area contributed by atoms with Crippen LogP contribution in [-0.4, -0.2) is 22.8 Å². The largest absolute Gasteiger partial charge is 0.352 e.